The van der Waals surface area contributed by atoms with Crippen molar-refractivity contribution in [3.05, 3.63) is 27.6 Å². The van der Waals surface area contributed by atoms with Crippen molar-refractivity contribution >= 4 is 28.3 Å². The van der Waals surface area contributed by atoms with Gasteiger partial charge in [0, 0.05) is 19.4 Å². The molecule has 1 aliphatic carbocycles. The van der Waals surface area contributed by atoms with Crippen LogP contribution < -0.4 is 5.32 Å². The van der Waals surface area contributed by atoms with Crippen molar-refractivity contribution < 1.29 is 13.2 Å². The van der Waals surface area contributed by atoms with Gasteiger partial charge >= 0.3 is 0 Å². The van der Waals surface area contributed by atoms with E-state index < -0.39 is 5.92 Å². The highest BCUT2D eigenvalue weighted by atomic mass is 127. The molecule has 100 valence electrons. The molecule has 1 fully saturated rings. The number of benzene rings is 1. The van der Waals surface area contributed by atoms with E-state index in [9.17, 15) is 13.2 Å². The molecule has 1 atom stereocenters. The highest BCUT2D eigenvalue weighted by molar-refractivity contribution is 14.1. The van der Waals surface area contributed by atoms with Gasteiger partial charge in [-0.15, -0.1) is 0 Å². The van der Waals surface area contributed by atoms with Gasteiger partial charge in [0.15, 0.2) is 0 Å². The number of rotatable bonds is 3. The summed E-state index contributed by atoms with van der Waals surface area (Å²) in [5.41, 5.74) is 0.685. The van der Waals surface area contributed by atoms with Crippen LogP contribution in [-0.4, -0.2) is 12.5 Å². The average molecular weight is 369 g/mol. The second-order valence-electron chi connectivity index (χ2n) is 4.80. The Bertz CT molecular complexity index is 423. The molecule has 5 heteroatoms. The smallest absolute Gasteiger partial charge is 0.248 e. The summed E-state index contributed by atoms with van der Waals surface area (Å²) in [6.07, 6.45) is 1.32. The zero-order chi connectivity index (χ0) is 13.2. The molecule has 0 heterocycles. The Labute approximate surface area is 118 Å². The van der Waals surface area contributed by atoms with Gasteiger partial charge in [0.25, 0.3) is 0 Å². The van der Waals surface area contributed by atoms with Gasteiger partial charge in [-0.3, -0.25) is 0 Å². The summed E-state index contributed by atoms with van der Waals surface area (Å²) in [5.74, 6) is -2.85. The number of anilines is 1. The minimum absolute atomic E-state index is 0.000992. The summed E-state index contributed by atoms with van der Waals surface area (Å²) in [6, 6.07) is 4.78. The van der Waals surface area contributed by atoms with Crippen LogP contribution in [0.2, 0.25) is 0 Å². The Morgan fingerprint density at radius 1 is 1.39 bits per heavy atom. The monoisotopic (exact) mass is 369 g/mol. The van der Waals surface area contributed by atoms with Crippen molar-refractivity contribution in [3.63, 3.8) is 0 Å². The van der Waals surface area contributed by atoms with Crippen molar-refractivity contribution in [2.24, 2.45) is 5.92 Å². The molecule has 0 aliphatic heterocycles. The predicted molar refractivity (Wildman–Crippen MR) is 74.5 cm³/mol. The van der Waals surface area contributed by atoms with E-state index in [1.54, 1.807) is 12.1 Å². The molecule has 1 aromatic carbocycles. The first kappa shape index (κ1) is 14.0. The third-order valence-corrected chi connectivity index (χ3v) is 4.37. The number of alkyl halides is 2. The lowest BCUT2D eigenvalue weighted by Crippen LogP contribution is -2.29. The number of hydrogen-bond acceptors (Lipinski definition) is 1. The van der Waals surface area contributed by atoms with E-state index in [4.69, 9.17) is 0 Å². The van der Waals surface area contributed by atoms with Crippen molar-refractivity contribution in [1.82, 2.24) is 0 Å². The van der Waals surface area contributed by atoms with Crippen molar-refractivity contribution in [1.29, 1.82) is 0 Å². The van der Waals surface area contributed by atoms with E-state index >= 15 is 0 Å². The first-order valence-electron chi connectivity index (χ1n) is 6.04. The molecule has 0 radical (unpaired) electrons. The van der Waals surface area contributed by atoms with E-state index in [1.807, 2.05) is 22.6 Å². The van der Waals surface area contributed by atoms with Gasteiger partial charge in [0.1, 0.15) is 5.82 Å². The molecule has 1 aromatic rings. The Hall–Kier alpha value is -0.460. The largest absolute Gasteiger partial charge is 0.384 e. The van der Waals surface area contributed by atoms with Crippen LogP contribution >= 0.6 is 22.6 Å². The molecular weight excluding hydrogens is 354 g/mol. The second-order valence-corrected chi connectivity index (χ2v) is 5.88. The molecular formula is C13H15F3IN. The predicted octanol–water partition coefficient (Wildman–Crippen LogP) is 4.67. The molecule has 0 aromatic heterocycles. The van der Waals surface area contributed by atoms with E-state index in [1.165, 1.54) is 6.07 Å². The molecule has 1 nitrogen and oxygen atoms in total. The molecule has 18 heavy (non-hydrogen) atoms. The summed E-state index contributed by atoms with van der Waals surface area (Å²) in [6.45, 7) is 0.481. The van der Waals surface area contributed by atoms with E-state index in [2.05, 4.69) is 5.32 Å². The van der Waals surface area contributed by atoms with Crippen molar-refractivity contribution in [2.45, 2.75) is 31.6 Å². The third-order valence-electron chi connectivity index (χ3n) is 3.28. The summed E-state index contributed by atoms with van der Waals surface area (Å²) < 4.78 is 40.3. The maximum absolute atomic E-state index is 13.3. The van der Waals surface area contributed by atoms with Crippen LogP contribution in [0.5, 0.6) is 0 Å². The van der Waals surface area contributed by atoms with E-state index in [-0.39, 0.29) is 24.6 Å². The summed E-state index contributed by atoms with van der Waals surface area (Å²) >= 11 is 1.92. The number of halogens is 4. The van der Waals surface area contributed by atoms with Crippen LogP contribution in [0, 0.1) is 15.3 Å². The zero-order valence-electron chi connectivity index (χ0n) is 9.86. The number of hydrogen-bond donors (Lipinski definition) is 1. The topological polar surface area (TPSA) is 12.0 Å². The lowest BCUT2D eigenvalue weighted by Gasteiger charge is -2.29. The lowest BCUT2D eigenvalue weighted by atomic mass is 9.86. The Balaban J connectivity index is 1.93. The Morgan fingerprint density at radius 3 is 2.89 bits per heavy atom. The fourth-order valence-corrected chi connectivity index (χ4v) is 2.89. The fraction of sp³-hybridized carbons (Fsp3) is 0.538. The maximum Gasteiger partial charge on any atom is 0.248 e. The van der Waals surface area contributed by atoms with Gasteiger partial charge in [-0.2, -0.15) is 0 Å². The molecule has 2 rings (SSSR count). The molecule has 0 saturated heterocycles. The van der Waals surface area contributed by atoms with Gasteiger partial charge in [0.2, 0.25) is 5.92 Å². The fourth-order valence-electron chi connectivity index (χ4n) is 2.34. The van der Waals surface area contributed by atoms with Crippen molar-refractivity contribution in [2.75, 3.05) is 11.9 Å². The van der Waals surface area contributed by atoms with Crippen LogP contribution in [0.3, 0.4) is 0 Å². The molecule has 0 amide bonds. The van der Waals surface area contributed by atoms with Crippen molar-refractivity contribution in [3.8, 4) is 0 Å². The quantitative estimate of drug-likeness (QED) is 0.764. The maximum atomic E-state index is 13.3. The molecule has 1 unspecified atom stereocenters. The number of nitrogens with one attached hydrogen (secondary N) is 1. The van der Waals surface area contributed by atoms with Gasteiger partial charge in [-0.05, 0) is 53.5 Å². The molecule has 1 aliphatic rings. The molecule has 1 N–H and O–H groups in total. The molecule has 0 bridgehead atoms. The SMILES string of the molecule is Fc1cccc(NCC2CCCC(F)(F)C2)c1I. The molecule has 0 spiro atoms. The van der Waals surface area contributed by atoms with Gasteiger partial charge in [0.05, 0.1) is 9.26 Å². The Morgan fingerprint density at radius 2 is 2.17 bits per heavy atom. The Kier molecular flexibility index (Phi) is 4.40. The van der Waals surface area contributed by atoms with Gasteiger partial charge in [-0.25, -0.2) is 13.2 Å². The summed E-state index contributed by atoms with van der Waals surface area (Å²) in [5, 5.41) is 3.08. The van der Waals surface area contributed by atoms with Gasteiger partial charge < -0.3 is 5.32 Å². The van der Waals surface area contributed by atoms with Crippen LogP contribution in [-0.2, 0) is 0 Å². The van der Waals surface area contributed by atoms with Crippen LogP contribution in [0.4, 0.5) is 18.9 Å². The minimum Gasteiger partial charge on any atom is -0.384 e. The van der Waals surface area contributed by atoms with E-state index in [0.29, 0.717) is 22.2 Å². The highest BCUT2D eigenvalue weighted by Crippen LogP contribution is 2.36. The molecule has 1 saturated carbocycles. The minimum atomic E-state index is -2.53. The van der Waals surface area contributed by atoms with E-state index in [0.717, 1.165) is 6.42 Å². The lowest BCUT2D eigenvalue weighted by molar-refractivity contribution is -0.0502. The standard InChI is InChI=1S/C13H15F3IN/c14-10-4-1-5-11(12(10)17)18-8-9-3-2-6-13(15,16)7-9/h1,4-5,9,18H,2-3,6-8H2. The third kappa shape index (κ3) is 3.52. The highest BCUT2D eigenvalue weighted by Gasteiger charge is 2.35. The summed E-state index contributed by atoms with van der Waals surface area (Å²) in [7, 11) is 0. The zero-order valence-corrected chi connectivity index (χ0v) is 12.0. The van der Waals surface area contributed by atoms with Gasteiger partial charge in [-0.1, -0.05) is 6.07 Å². The normalized spacial score (nSPS) is 22.8. The first-order chi connectivity index (χ1) is 8.48. The first-order valence-corrected chi connectivity index (χ1v) is 7.11. The second kappa shape index (κ2) is 5.67. The summed E-state index contributed by atoms with van der Waals surface area (Å²) in [4.78, 5) is 0. The van der Waals surface area contributed by atoms with Crippen LogP contribution in [0.25, 0.3) is 0 Å². The van der Waals surface area contributed by atoms with Crippen LogP contribution in [0.15, 0.2) is 18.2 Å². The van der Waals surface area contributed by atoms with Crippen LogP contribution in [0.1, 0.15) is 25.7 Å². The average Bonchev–Trinajstić information content (AvgIpc) is 2.30.